The van der Waals surface area contributed by atoms with Crippen molar-refractivity contribution in [2.45, 2.75) is 20.3 Å². The molecule has 0 aliphatic rings. The van der Waals surface area contributed by atoms with E-state index in [1.807, 2.05) is 32.0 Å². The van der Waals surface area contributed by atoms with E-state index in [4.69, 9.17) is 9.84 Å². The number of benzene rings is 1. The predicted molar refractivity (Wildman–Crippen MR) is 75.7 cm³/mol. The monoisotopic (exact) mass is 266 g/mol. The third kappa shape index (κ3) is 4.79. The summed E-state index contributed by atoms with van der Waals surface area (Å²) in [4.78, 5) is 13.3. The van der Waals surface area contributed by atoms with Crippen LogP contribution in [0, 0.1) is 6.92 Å². The summed E-state index contributed by atoms with van der Waals surface area (Å²) < 4.78 is 5.63. The average Bonchev–Trinajstić information content (AvgIpc) is 2.39. The van der Waals surface area contributed by atoms with E-state index in [1.165, 1.54) is 4.90 Å². The minimum Gasteiger partial charge on any atom is -0.491 e. The quantitative estimate of drug-likeness (QED) is 0.830. The molecule has 0 spiro atoms. The molecule has 0 saturated heterocycles. The van der Waals surface area contributed by atoms with Crippen LogP contribution in [-0.4, -0.2) is 42.8 Å². The van der Waals surface area contributed by atoms with E-state index in [0.29, 0.717) is 24.6 Å². The molecular weight excluding hydrogens is 244 g/mol. The summed E-state index contributed by atoms with van der Waals surface area (Å²) in [6.07, 6.45) is 0.908. The summed E-state index contributed by atoms with van der Waals surface area (Å²) >= 11 is 0. The fourth-order valence-corrected chi connectivity index (χ4v) is 1.53. The highest BCUT2D eigenvalue weighted by molar-refractivity contribution is 5.90. The Kier molecular flexibility index (Phi) is 6.15. The molecule has 1 rings (SSSR count). The van der Waals surface area contributed by atoms with Gasteiger partial charge in [0.05, 0.1) is 18.9 Å². The third-order valence-electron chi connectivity index (χ3n) is 2.62. The minimum absolute atomic E-state index is 0.0585. The van der Waals surface area contributed by atoms with Crippen molar-refractivity contribution < 1.29 is 14.6 Å². The van der Waals surface area contributed by atoms with E-state index in [-0.39, 0.29) is 12.6 Å². The van der Waals surface area contributed by atoms with Crippen molar-refractivity contribution >= 4 is 11.7 Å². The topological polar surface area (TPSA) is 61.8 Å². The zero-order valence-electron chi connectivity index (χ0n) is 11.8. The van der Waals surface area contributed by atoms with Gasteiger partial charge in [-0.25, -0.2) is 4.79 Å². The number of carbonyl (C=O) groups excluding carboxylic acids is 1. The van der Waals surface area contributed by atoms with Crippen molar-refractivity contribution in [2.24, 2.45) is 0 Å². The van der Waals surface area contributed by atoms with Crippen molar-refractivity contribution in [3.05, 3.63) is 23.8 Å². The SMILES string of the molecule is CCCOc1cc(C)ccc1NC(=O)N(C)CCO. The van der Waals surface area contributed by atoms with E-state index in [0.717, 1.165) is 12.0 Å². The van der Waals surface area contributed by atoms with E-state index in [9.17, 15) is 4.79 Å². The maximum Gasteiger partial charge on any atom is 0.321 e. The van der Waals surface area contributed by atoms with E-state index in [1.54, 1.807) is 7.05 Å². The van der Waals surface area contributed by atoms with Crippen LogP contribution in [0.1, 0.15) is 18.9 Å². The molecule has 0 radical (unpaired) electrons. The lowest BCUT2D eigenvalue weighted by atomic mass is 10.2. The van der Waals surface area contributed by atoms with Crippen LogP contribution in [0.4, 0.5) is 10.5 Å². The van der Waals surface area contributed by atoms with Crippen molar-refractivity contribution in [1.29, 1.82) is 0 Å². The number of aryl methyl sites for hydroxylation is 1. The number of ether oxygens (including phenoxy) is 1. The molecule has 5 heteroatoms. The molecule has 0 aromatic heterocycles. The van der Waals surface area contributed by atoms with Crippen molar-refractivity contribution in [3.8, 4) is 5.75 Å². The lowest BCUT2D eigenvalue weighted by Gasteiger charge is -2.18. The molecule has 0 saturated carbocycles. The largest absolute Gasteiger partial charge is 0.491 e. The number of urea groups is 1. The van der Waals surface area contributed by atoms with E-state index in [2.05, 4.69) is 5.32 Å². The zero-order chi connectivity index (χ0) is 14.3. The molecule has 0 aliphatic carbocycles. The minimum atomic E-state index is -0.265. The average molecular weight is 266 g/mol. The first-order valence-corrected chi connectivity index (χ1v) is 6.45. The van der Waals surface area contributed by atoms with E-state index < -0.39 is 0 Å². The number of aliphatic hydroxyl groups excluding tert-OH is 1. The van der Waals surface area contributed by atoms with Crippen LogP contribution in [0.5, 0.6) is 5.75 Å². The van der Waals surface area contributed by atoms with Crippen molar-refractivity contribution in [3.63, 3.8) is 0 Å². The molecule has 1 aromatic rings. The second kappa shape index (κ2) is 7.63. The van der Waals surface area contributed by atoms with Gasteiger partial charge in [-0.3, -0.25) is 0 Å². The molecule has 0 bridgehead atoms. The molecule has 106 valence electrons. The normalized spacial score (nSPS) is 10.1. The summed E-state index contributed by atoms with van der Waals surface area (Å²) in [6.45, 7) is 4.85. The van der Waals surface area contributed by atoms with Crippen LogP contribution in [0.25, 0.3) is 0 Å². The molecule has 2 amide bonds. The van der Waals surface area contributed by atoms with Crippen LogP contribution < -0.4 is 10.1 Å². The highest BCUT2D eigenvalue weighted by Gasteiger charge is 2.11. The Hall–Kier alpha value is -1.75. The molecule has 0 unspecified atom stereocenters. The maximum atomic E-state index is 11.9. The van der Waals surface area contributed by atoms with Crippen LogP contribution >= 0.6 is 0 Å². The molecule has 0 atom stereocenters. The van der Waals surface area contributed by atoms with Gasteiger partial charge >= 0.3 is 6.03 Å². The second-order valence-corrected chi connectivity index (χ2v) is 4.42. The molecule has 0 heterocycles. The smallest absolute Gasteiger partial charge is 0.321 e. The number of nitrogens with one attached hydrogen (secondary N) is 1. The first kappa shape index (κ1) is 15.3. The third-order valence-corrected chi connectivity index (χ3v) is 2.62. The molecule has 0 aliphatic heterocycles. The van der Waals surface area contributed by atoms with Gasteiger partial charge in [0.1, 0.15) is 5.75 Å². The predicted octanol–water partition coefficient (Wildman–Crippen LogP) is 2.24. The Morgan fingerprint density at radius 3 is 2.84 bits per heavy atom. The lowest BCUT2D eigenvalue weighted by molar-refractivity contribution is 0.202. The number of aliphatic hydroxyl groups is 1. The fourth-order valence-electron chi connectivity index (χ4n) is 1.53. The van der Waals surface area contributed by atoms with Gasteiger partial charge in [0.25, 0.3) is 0 Å². The Labute approximate surface area is 114 Å². The van der Waals surface area contributed by atoms with Gasteiger partial charge in [-0.1, -0.05) is 13.0 Å². The summed E-state index contributed by atoms with van der Waals surface area (Å²) in [5.74, 6) is 0.674. The first-order valence-electron chi connectivity index (χ1n) is 6.45. The summed E-state index contributed by atoms with van der Waals surface area (Å²) in [7, 11) is 1.63. The van der Waals surface area contributed by atoms with Gasteiger partial charge in [0, 0.05) is 13.6 Å². The second-order valence-electron chi connectivity index (χ2n) is 4.42. The summed E-state index contributed by atoms with van der Waals surface area (Å²) in [5.41, 5.74) is 1.72. The maximum absolute atomic E-state index is 11.9. The number of hydrogen-bond acceptors (Lipinski definition) is 3. The van der Waals surface area contributed by atoms with Gasteiger partial charge in [-0.2, -0.15) is 0 Å². The van der Waals surface area contributed by atoms with Crippen molar-refractivity contribution in [2.75, 3.05) is 32.1 Å². The van der Waals surface area contributed by atoms with Gasteiger partial charge < -0.3 is 20.1 Å². The van der Waals surface area contributed by atoms with Crippen LogP contribution in [-0.2, 0) is 0 Å². The van der Waals surface area contributed by atoms with Crippen LogP contribution in [0.3, 0.4) is 0 Å². The Balaban J connectivity index is 2.78. The number of hydrogen-bond donors (Lipinski definition) is 2. The molecule has 2 N–H and O–H groups in total. The zero-order valence-corrected chi connectivity index (χ0v) is 11.8. The molecular formula is C14H22N2O3. The number of rotatable bonds is 6. The number of amides is 2. The number of carbonyl (C=O) groups is 1. The Morgan fingerprint density at radius 1 is 1.47 bits per heavy atom. The van der Waals surface area contributed by atoms with Gasteiger partial charge in [-0.05, 0) is 31.0 Å². The Morgan fingerprint density at radius 2 is 2.21 bits per heavy atom. The molecule has 19 heavy (non-hydrogen) atoms. The number of nitrogens with zero attached hydrogens (tertiary/aromatic N) is 1. The number of likely N-dealkylation sites (N-methyl/N-ethyl adjacent to an activating group) is 1. The highest BCUT2D eigenvalue weighted by atomic mass is 16.5. The summed E-state index contributed by atoms with van der Waals surface area (Å²) in [6, 6.07) is 5.38. The van der Waals surface area contributed by atoms with Crippen LogP contribution in [0.2, 0.25) is 0 Å². The van der Waals surface area contributed by atoms with Gasteiger partial charge in [-0.15, -0.1) is 0 Å². The van der Waals surface area contributed by atoms with Crippen LogP contribution in [0.15, 0.2) is 18.2 Å². The van der Waals surface area contributed by atoms with Gasteiger partial charge in [0.2, 0.25) is 0 Å². The number of anilines is 1. The molecule has 1 aromatic carbocycles. The Bertz CT molecular complexity index is 421. The van der Waals surface area contributed by atoms with Crippen molar-refractivity contribution in [1.82, 2.24) is 4.90 Å². The summed E-state index contributed by atoms with van der Waals surface area (Å²) in [5, 5.41) is 11.6. The first-order chi connectivity index (χ1) is 9.08. The van der Waals surface area contributed by atoms with E-state index >= 15 is 0 Å². The molecule has 0 fully saturated rings. The highest BCUT2D eigenvalue weighted by Crippen LogP contribution is 2.26. The van der Waals surface area contributed by atoms with Gasteiger partial charge in [0.15, 0.2) is 0 Å². The lowest BCUT2D eigenvalue weighted by Crippen LogP contribution is -2.33. The fraction of sp³-hybridized carbons (Fsp3) is 0.500. The molecule has 5 nitrogen and oxygen atoms in total. The standard InChI is InChI=1S/C14H22N2O3/c1-4-9-19-13-10-11(2)5-6-12(13)15-14(18)16(3)7-8-17/h5-6,10,17H,4,7-9H2,1-3H3,(H,15,18).